The fourth-order valence-corrected chi connectivity index (χ4v) is 4.49. The molecule has 2 aliphatic rings. The Hall–Kier alpha value is -1.60. The van der Waals surface area contributed by atoms with Gasteiger partial charge >= 0.3 is 0 Å². The van der Waals surface area contributed by atoms with Gasteiger partial charge in [0.2, 0.25) is 5.95 Å². The highest BCUT2D eigenvalue weighted by Crippen LogP contribution is 2.29. The van der Waals surface area contributed by atoms with E-state index in [1.807, 2.05) is 18.5 Å². The van der Waals surface area contributed by atoms with Gasteiger partial charge in [0.25, 0.3) is 0 Å². The number of rotatable bonds is 6. The van der Waals surface area contributed by atoms with Crippen LogP contribution in [0.5, 0.6) is 0 Å². The average Bonchev–Trinajstić information content (AvgIpc) is 3.32. The third-order valence-corrected chi connectivity index (χ3v) is 6.30. The molecule has 2 aromatic heterocycles. The highest BCUT2D eigenvalue weighted by atomic mass is 32.2. The van der Waals surface area contributed by atoms with Crippen LogP contribution in [0.3, 0.4) is 0 Å². The Morgan fingerprint density at radius 1 is 1.23 bits per heavy atom. The zero-order valence-corrected chi connectivity index (χ0v) is 16.2. The van der Waals surface area contributed by atoms with Gasteiger partial charge in [-0.05, 0) is 43.2 Å². The van der Waals surface area contributed by atoms with Crippen molar-refractivity contribution in [1.82, 2.24) is 19.7 Å². The Bertz CT molecular complexity index is 693. The SMILES string of the molecule is CC1CCN(c2nnc(SCc3cccnc3)n2CC2CCCO2)CC1. The molecule has 4 heterocycles. The van der Waals surface area contributed by atoms with Crippen LogP contribution < -0.4 is 4.90 Å². The highest BCUT2D eigenvalue weighted by molar-refractivity contribution is 7.98. The average molecular weight is 374 g/mol. The fraction of sp³-hybridized carbons (Fsp3) is 0.632. The molecule has 2 aromatic rings. The van der Waals surface area contributed by atoms with Gasteiger partial charge in [0, 0.05) is 37.8 Å². The van der Waals surface area contributed by atoms with Crippen molar-refractivity contribution in [2.45, 2.75) is 56.2 Å². The minimum atomic E-state index is 0.284. The topological polar surface area (TPSA) is 56.1 Å². The van der Waals surface area contributed by atoms with Crippen LogP contribution in [0.1, 0.15) is 38.2 Å². The molecule has 0 spiro atoms. The van der Waals surface area contributed by atoms with Gasteiger partial charge in [-0.3, -0.25) is 9.55 Å². The van der Waals surface area contributed by atoms with Crippen molar-refractivity contribution in [2.24, 2.45) is 5.92 Å². The van der Waals surface area contributed by atoms with E-state index in [0.717, 1.165) is 61.9 Å². The molecule has 0 aliphatic carbocycles. The second-order valence-corrected chi connectivity index (χ2v) is 8.29. The van der Waals surface area contributed by atoms with E-state index in [-0.39, 0.29) is 6.10 Å². The van der Waals surface area contributed by atoms with Crippen molar-refractivity contribution in [3.8, 4) is 0 Å². The first-order valence-electron chi connectivity index (χ1n) is 9.61. The van der Waals surface area contributed by atoms with E-state index in [9.17, 15) is 0 Å². The second kappa shape index (κ2) is 8.39. The molecule has 7 heteroatoms. The van der Waals surface area contributed by atoms with Gasteiger partial charge in [0.1, 0.15) is 0 Å². The van der Waals surface area contributed by atoms with Gasteiger partial charge in [-0.2, -0.15) is 0 Å². The summed E-state index contributed by atoms with van der Waals surface area (Å²) in [4.78, 5) is 6.60. The lowest BCUT2D eigenvalue weighted by Gasteiger charge is -2.31. The first-order valence-corrected chi connectivity index (χ1v) is 10.6. The standard InChI is InChI=1S/C19H27N5OS/c1-15-6-9-23(10-7-15)18-21-22-19(24(18)13-17-5-3-11-25-17)26-14-16-4-2-8-20-12-16/h2,4,8,12,15,17H,3,5-7,9-11,13-14H2,1H3. The van der Waals surface area contributed by atoms with Crippen molar-refractivity contribution < 1.29 is 4.74 Å². The first-order chi connectivity index (χ1) is 12.8. The Morgan fingerprint density at radius 3 is 2.85 bits per heavy atom. The molecule has 26 heavy (non-hydrogen) atoms. The molecule has 0 N–H and O–H groups in total. The maximum atomic E-state index is 5.89. The van der Waals surface area contributed by atoms with Crippen LogP contribution in [-0.4, -0.2) is 45.5 Å². The summed E-state index contributed by atoms with van der Waals surface area (Å²) >= 11 is 1.74. The van der Waals surface area contributed by atoms with Crippen molar-refractivity contribution in [1.29, 1.82) is 0 Å². The molecular weight excluding hydrogens is 346 g/mol. The van der Waals surface area contributed by atoms with E-state index in [1.165, 1.54) is 18.4 Å². The molecule has 0 saturated carbocycles. The molecule has 0 radical (unpaired) electrons. The van der Waals surface area contributed by atoms with E-state index in [1.54, 1.807) is 11.8 Å². The maximum absolute atomic E-state index is 5.89. The van der Waals surface area contributed by atoms with Gasteiger partial charge in [0.15, 0.2) is 5.16 Å². The number of anilines is 1. The van der Waals surface area contributed by atoms with Crippen LogP contribution in [0.4, 0.5) is 5.95 Å². The summed E-state index contributed by atoms with van der Waals surface area (Å²) in [6, 6.07) is 4.08. The second-order valence-electron chi connectivity index (χ2n) is 7.35. The molecular formula is C19H27N5OS. The van der Waals surface area contributed by atoms with Gasteiger partial charge in [0.05, 0.1) is 12.6 Å². The van der Waals surface area contributed by atoms with Crippen molar-refractivity contribution in [2.75, 3.05) is 24.6 Å². The van der Waals surface area contributed by atoms with Crippen molar-refractivity contribution >= 4 is 17.7 Å². The smallest absolute Gasteiger partial charge is 0.228 e. The molecule has 1 unspecified atom stereocenters. The third-order valence-electron chi connectivity index (χ3n) is 5.26. The van der Waals surface area contributed by atoms with Crippen molar-refractivity contribution in [3.05, 3.63) is 30.1 Å². The molecule has 4 rings (SSSR count). The molecule has 6 nitrogen and oxygen atoms in total. The molecule has 0 bridgehead atoms. The predicted molar refractivity (Wildman–Crippen MR) is 103 cm³/mol. The lowest BCUT2D eigenvalue weighted by atomic mass is 10.00. The van der Waals surface area contributed by atoms with Crippen LogP contribution >= 0.6 is 11.8 Å². The normalized spacial score (nSPS) is 21.4. The number of aromatic nitrogens is 4. The predicted octanol–water partition coefficient (Wildman–Crippen LogP) is 3.38. The maximum Gasteiger partial charge on any atom is 0.228 e. The van der Waals surface area contributed by atoms with E-state index in [2.05, 4.69) is 37.6 Å². The number of nitrogens with zero attached hydrogens (tertiary/aromatic N) is 5. The number of thioether (sulfide) groups is 1. The number of piperidine rings is 1. The van der Waals surface area contributed by atoms with Crippen LogP contribution in [0, 0.1) is 5.92 Å². The summed E-state index contributed by atoms with van der Waals surface area (Å²) in [5.74, 6) is 2.68. The Kier molecular flexibility index (Phi) is 5.75. The van der Waals surface area contributed by atoms with Crippen LogP contribution in [0.2, 0.25) is 0 Å². The molecule has 0 amide bonds. The number of hydrogen-bond donors (Lipinski definition) is 0. The summed E-state index contributed by atoms with van der Waals surface area (Å²) in [5, 5.41) is 10.1. The highest BCUT2D eigenvalue weighted by Gasteiger charge is 2.25. The van der Waals surface area contributed by atoms with Gasteiger partial charge in [-0.15, -0.1) is 10.2 Å². The monoisotopic (exact) mass is 373 g/mol. The lowest BCUT2D eigenvalue weighted by molar-refractivity contribution is 0.0951. The third kappa shape index (κ3) is 4.20. The molecule has 140 valence electrons. The largest absolute Gasteiger partial charge is 0.376 e. The Morgan fingerprint density at radius 2 is 2.12 bits per heavy atom. The molecule has 2 fully saturated rings. The quantitative estimate of drug-likeness (QED) is 0.724. The number of ether oxygens (including phenoxy) is 1. The molecule has 2 saturated heterocycles. The number of hydrogen-bond acceptors (Lipinski definition) is 6. The summed E-state index contributed by atoms with van der Waals surface area (Å²) in [7, 11) is 0. The zero-order chi connectivity index (χ0) is 17.8. The van der Waals surface area contributed by atoms with Crippen LogP contribution in [0.25, 0.3) is 0 Å². The summed E-state index contributed by atoms with van der Waals surface area (Å²) in [6.45, 7) is 6.20. The first kappa shape index (κ1) is 17.8. The van der Waals surface area contributed by atoms with E-state index in [4.69, 9.17) is 4.74 Å². The van der Waals surface area contributed by atoms with E-state index < -0.39 is 0 Å². The number of pyridine rings is 1. The van der Waals surface area contributed by atoms with E-state index >= 15 is 0 Å². The summed E-state index contributed by atoms with van der Waals surface area (Å²) in [5.41, 5.74) is 1.21. The molecule has 1 atom stereocenters. The van der Waals surface area contributed by atoms with Gasteiger partial charge in [-0.25, -0.2) is 0 Å². The minimum absolute atomic E-state index is 0.284. The summed E-state index contributed by atoms with van der Waals surface area (Å²) in [6.07, 6.45) is 8.74. The van der Waals surface area contributed by atoms with Gasteiger partial charge < -0.3 is 9.64 Å². The lowest BCUT2D eigenvalue weighted by Crippen LogP contribution is -2.35. The van der Waals surface area contributed by atoms with Crippen LogP contribution in [-0.2, 0) is 17.0 Å². The molecule has 2 aliphatic heterocycles. The van der Waals surface area contributed by atoms with Crippen molar-refractivity contribution in [3.63, 3.8) is 0 Å². The molecule has 0 aromatic carbocycles. The van der Waals surface area contributed by atoms with E-state index in [0.29, 0.717) is 0 Å². The van der Waals surface area contributed by atoms with Crippen LogP contribution in [0.15, 0.2) is 29.7 Å². The Balaban J connectivity index is 1.52. The summed E-state index contributed by atoms with van der Waals surface area (Å²) < 4.78 is 8.17. The Labute approximate surface area is 159 Å². The fourth-order valence-electron chi connectivity index (χ4n) is 3.61. The van der Waals surface area contributed by atoms with Gasteiger partial charge in [-0.1, -0.05) is 24.8 Å². The zero-order valence-electron chi connectivity index (χ0n) is 15.4. The minimum Gasteiger partial charge on any atom is -0.376 e.